The van der Waals surface area contributed by atoms with Gasteiger partial charge in [-0.05, 0) is 42.7 Å². The Bertz CT molecular complexity index is 793. The first kappa shape index (κ1) is 16.5. The fourth-order valence-corrected chi connectivity index (χ4v) is 5.13. The highest BCUT2D eigenvalue weighted by molar-refractivity contribution is 8.14. The molecule has 0 aliphatic carbocycles. The average Bonchev–Trinajstić information content (AvgIpc) is 3.21. The van der Waals surface area contributed by atoms with Crippen molar-refractivity contribution in [2.24, 2.45) is 4.99 Å². The molecule has 5 heteroatoms. The van der Waals surface area contributed by atoms with E-state index in [0.29, 0.717) is 6.04 Å². The van der Waals surface area contributed by atoms with Gasteiger partial charge in [-0.15, -0.1) is 0 Å². The number of benzene rings is 1. The van der Waals surface area contributed by atoms with E-state index in [1.54, 1.807) is 7.11 Å². The van der Waals surface area contributed by atoms with Gasteiger partial charge in [0.1, 0.15) is 11.8 Å². The van der Waals surface area contributed by atoms with Gasteiger partial charge in [0, 0.05) is 18.0 Å². The van der Waals surface area contributed by atoms with Crippen molar-refractivity contribution in [3.05, 3.63) is 59.4 Å². The molecule has 1 saturated heterocycles. The van der Waals surface area contributed by atoms with E-state index in [0.717, 1.165) is 29.2 Å². The normalized spacial score (nSPS) is 25.0. The van der Waals surface area contributed by atoms with Crippen LogP contribution in [0.25, 0.3) is 0 Å². The lowest BCUT2D eigenvalue weighted by atomic mass is 9.94. The minimum Gasteiger partial charge on any atom is -0.496 e. The van der Waals surface area contributed by atoms with E-state index in [9.17, 15) is 0 Å². The van der Waals surface area contributed by atoms with Crippen molar-refractivity contribution in [1.82, 2.24) is 9.88 Å². The van der Waals surface area contributed by atoms with Crippen molar-refractivity contribution in [1.29, 1.82) is 0 Å². The van der Waals surface area contributed by atoms with Crippen LogP contribution < -0.4 is 4.74 Å². The molecule has 0 saturated carbocycles. The third-order valence-electron chi connectivity index (χ3n) is 5.09. The maximum atomic E-state index is 5.44. The zero-order valence-corrected chi connectivity index (χ0v) is 15.7. The van der Waals surface area contributed by atoms with Gasteiger partial charge in [0.25, 0.3) is 0 Å². The molecular formula is C20H23N3OS. The van der Waals surface area contributed by atoms with Gasteiger partial charge < -0.3 is 9.64 Å². The summed E-state index contributed by atoms with van der Waals surface area (Å²) in [6.07, 6.45) is 2.99. The number of aryl methyl sites for hydroxylation is 1. The summed E-state index contributed by atoms with van der Waals surface area (Å²) in [6.45, 7) is 4.36. The summed E-state index contributed by atoms with van der Waals surface area (Å²) < 4.78 is 5.44. The van der Waals surface area contributed by atoms with Gasteiger partial charge in [-0.25, -0.2) is 0 Å². The third kappa shape index (κ3) is 2.80. The smallest absolute Gasteiger partial charge is 0.160 e. The Kier molecular flexibility index (Phi) is 4.42. The molecule has 1 aromatic carbocycles. The number of aliphatic imine (C=N–C) groups is 1. The first-order chi connectivity index (χ1) is 12.2. The van der Waals surface area contributed by atoms with Crippen molar-refractivity contribution < 1.29 is 4.74 Å². The van der Waals surface area contributed by atoms with Crippen LogP contribution in [-0.2, 0) is 0 Å². The molecule has 1 fully saturated rings. The standard InChI is InChI=1S/C20H23N3OS/c1-4-15-12-25-20-22-18(16-7-5-6-10-21-16)19(23(15)20)14-8-9-17(24-3)13(2)11-14/h5-11,15,18-19H,4,12H2,1-3H3/t15-,18-,19+/m1/s1. The van der Waals surface area contributed by atoms with E-state index in [2.05, 4.69) is 48.0 Å². The van der Waals surface area contributed by atoms with Crippen LogP contribution in [-0.4, -0.2) is 34.0 Å². The highest BCUT2D eigenvalue weighted by atomic mass is 32.2. The van der Waals surface area contributed by atoms with Crippen molar-refractivity contribution >= 4 is 16.9 Å². The van der Waals surface area contributed by atoms with E-state index in [4.69, 9.17) is 9.73 Å². The molecule has 3 heterocycles. The second kappa shape index (κ2) is 6.71. The average molecular weight is 353 g/mol. The summed E-state index contributed by atoms with van der Waals surface area (Å²) in [6, 6.07) is 13.4. The maximum Gasteiger partial charge on any atom is 0.160 e. The van der Waals surface area contributed by atoms with Crippen LogP contribution in [0.4, 0.5) is 0 Å². The van der Waals surface area contributed by atoms with Crippen LogP contribution in [0, 0.1) is 6.92 Å². The largest absolute Gasteiger partial charge is 0.496 e. The number of rotatable bonds is 4. The molecular weight excluding hydrogens is 330 g/mol. The van der Waals surface area contributed by atoms with Crippen LogP contribution in [0.15, 0.2) is 47.6 Å². The Hall–Kier alpha value is -2.01. The molecule has 3 atom stereocenters. The second-order valence-corrected chi connectivity index (χ2v) is 7.55. The van der Waals surface area contributed by atoms with Gasteiger partial charge >= 0.3 is 0 Å². The predicted molar refractivity (Wildman–Crippen MR) is 103 cm³/mol. The molecule has 2 aliphatic heterocycles. The van der Waals surface area contributed by atoms with Crippen LogP contribution in [0.1, 0.15) is 42.2 Å². The molecule has 2 aromatic rings. The first-order valence-electron chi connectivity index (χ1n) is 8.77. The molecule has 0 bridgehead atoms. The zero-order valence-electron chi connectivity index (χ0n) is 14.8. The molecule has 25 heavy (non-hydrogen) atoms. The summed E-state index contributed by atoms with van der Waals surface area (Å²) >= 11 is 1.88. The zero-order chi connectivity index (χ0) is 17.4. The van der Waals surface area contributed by atoms with Crippen molar-refractivity contribution in [3.8, 4) is 5.75 Å². The minimum absolute atomic E-state index is 0.0471. The highest BCUT2D eigenvalue weighted by Crippen LogP contribution is 2.48. The van der Waals surface area contributed by atoms with E-state index in [1.165, 1.54) is 10.7 Å². The molecule has 0 amide bonds. The van der Waals surface area contributed by atoms with Gasteiger partial charge in [-0.3, -0.25) is 9.98 Å². The monoisotopic (exact) mass is 353 g/mol. The lowest BCUT2D eigenvalue weighted by molar-refractivity contribution is 0.255. The van der Waals surface area contributed by atoms with Gasteiger partial charge in [-0.1, -0.05) is 36.9 Å². The number of pyridine rings is 1. The molecule has 130 valence electrons. The number of thioether (sulfide) groups is 1. The number of aromatic nitrogens is 1. The summed E-state index contributed by atoms with van der Waals surface area (Å²) in [5, 5.41) is 1.17. The third-order valence-corrected chi connectivity index (χ3v) is 6.22. The highest BCUT2D eigenvalue weighted by Gasteiger charge is 2.45. The predicted octanol–water partition coefficient (Wildman–Crippen LogP) is 4.38. The van der Waals surface area contributed by atoms with Crippen LogP contribution in [0.5, 0.6) is 5.75 Å². The fraction of sp³-hybridized carbons (Fsp3) is 0.400. The van der Waals surface area contributed by atoms with E-state index in [1.807, 2.05) is 30.1 Å². The Labute approximate surface area is 153 Å². The SMILES string of the molecule is CC[C@@H]1CSC2=N[C@H](c3ccccn3)[C@H](c3ccc(OC)c(C)c3)N21. The fourth-order valence-electron chi connectivity index (χ4n) is 3.80. The number of ether oxygens (including phenoxy) is 1. The van der Waals surface area contributed by atoms with E-state index >= 15 is 0 Å². The number of amidine groups is 1. The summed E-state index contributed by atoms with van der Waals surface area (Å²) in [4.78, 5) is 12.2. The quantitative estimate of drug-likeness (QED) is 0.818. The van der Waals surface area contributed by atoms with Crippen LogP contribution in [0.2, 0.25) is 0 Å². The van der Waals surface area contributed by atoms with E-state index < -0.39 is 0 Å². The Morgan fingerprint density at radius 1 is 1.28 bits per heavy atom. The summed E-state index contributed by atoms with van der Waals surface area (Å²) in [5.41, 5.74) is 3.49. The molecule has 0 spiro atoms. The molecule has 0 radical (unpaired) electrons. The van der Waals surface area contributed by atoms with Crippen molar-refractivity contribution in [2.45, 2.75) is 38.4 Å². The molecule has 0 unspecified atom stereocenters. The van der Waals surface area contributed by atoms with Crippen LogP contribution >= 0.6 is 11.8 Å². The molecule has 1 aromatic heterocycles. The van der Waals surface area contributed by atoms with Crippen molar-refractivity contribution in [3.63, 3.8) is 0 Å². The molecule has 4 rings (SSSR count). The summed E-state index contributed by atoms with van der Waals surface area (Å²) in [7, 11) is 1.72. The Morgan fingerprint density at radius 3 is 2.84 bits per heavy atom. The number of hydrogen-bond donors (Lipinski definition) is 0. The number of fused-ring (bicyclic) bond motifs is 1. The van der Waals surface area contributed by atoms with Crippen LogP contribution in [0.3, 0.4) is 0 Å². The van der Waals surface area contributed by atoms with Gasteiger partial charge in [-0.2, -0.15) is 0 Å². The lowest BCUT2D eigenvalue weighted by Gasteiger charge is -2.32. The Balaban J connectivity index is 1.79. The Morgan fingerprint density at radius 2 is 2.16 bits per heavy atom. The molecule has 0 N–H and O–H groups in total. The van der Waals surface area contributed by atoms with Crippen molar-refractivity contribution in [2.75, 3.05) is 12.9 Å². The van der Waals surface area contributed by atoms with Gasteiger partial charge in [0.05, 0.1) is 18.8 Å². The topological polar surface area (TPSA) is 37.7 Å². The van der Waals surface area contributed by atoms with Gasteiger partial charge in [0.15, 0.2) is 5.17 Å². The maximum absolute atomic E-state index is 5.44. The van der Waals surface area contributed by atoms with E-state index in [-0.39, 0.29) is 12.1 Å². The first-order valence-corrected chi connectivity index (χ1v) is 9.76. The minimum atomic E-state index is 0.0471. The second-order valence-electron chi connectivity index (χ2n) is 6.57. The number of nitrogens with zero attached hydrogens (tertiary/aromatic N) is 3. The molecule has 2 aliphatic rings. The lowest BCUT2D eigenvalue weighted by Crippen LogP contribution is -2.35. The van der Waals surface area contributed by atoms with Gasteiger partial charge in [0.2, 0.25) is 0 Å². The summed E-state index contributed by atoms with van der Waals surface area (Å²) in [5.74, 6) is 2.05. The molecule has 4 nitrogen and oxygen atoms in total. The number of hydrogen-bond acceptors (Lipinski definition) is 5. The number of methoxy groups -OCH3 is 1.